The summed E-state index contributed by atoms with van der Waals surface area (Å²) in [6, 6.07) is 3.00. The third-order valence-electron chi connectivity index (χ3n) is 4.67. The van der Waals surface area contributed by atoms with Crippen molar-refractivity contribution in [1.29, 1.82) is 0 Å². The second-order valence-corrected chi connectivity index (χ2v) is 6.26. The van der Waals surface area contributed by atoms with Crippen LogP contribution in [0.3, 0.4) is 0 Å². The number of benzene rings is 1. The number of halogens is 2. The first-order chi connectivity index (χ1) is 12.0. The molecule has 25 heavy (non-hydrogen) atoms. The number of carbonyl (C=O) groups is 1. The Morgan fingerprint density at radius 2 is 2.24 bits per heavy atom. The highest BCUT2D eigenvalue weighted by molar-refractivity contribution is 5.76. The first-order valence-corrected chi connectivity index (χ1v) is 8.31. The number of ether oxygens (including phenoxy) is 1. The number of nitrogens with zero attached hydrogens (tertiary/aromatic N) is 3. The van der Waals surface area contributed by atoms with E-state index in [1.807, 2.05) is 17.9 Å². The predicted octanol–water partition coefficient (Wildman–Crippen LogP) is 3.00. The Morgan fingerprint density at radius 3 is 3.04 bits per heavy atom. The number of hydrogen-bond donors (Lipinski definition) is 0. The molecule has 0 aliphatic heterocycles. The molecule has 134 valence electrons. The minimum atomic E-state index is -0.644. The Balaban J connectivity index is 1.59. The molecule has 1 aromatic heterocycles. The van der Waals surface area contributed by atoms with Crippen LogP contribution in [0.1, 0.15) is 36.6 Å². The maximum absolute atomic E-state index is 13.5. The highest BCUT2D eigenvalue weighted by Crippen LogP contribution is 2.33. The summed E-state index contributed by atoms with van der Waals surface area (Å²) in [6.07, 6.45) is 4.77. The van der Waals surface area contributed by atoms with E-state index in [4.69, 9.17) is 4.74 Å². The van der Waals surface area contributed by atoms with Gasteiger partial charge in [0.25, 0.3) is 0 Å². The molecule has 0 N–H and O–H groups in total. The van der Waals surface area contributed by atoms with E-state index in [9.17, 15) is 13.6 Å². The lowest BCUT2D eigenvalue weighted by Gasteiger charge is -2.31. The molecular formula is C18H21F2N3O2. The summed E-state index contributed by atoms with van der Waals surface area (Å²) in [7, 11) is 3.67. The Hall–Kier alpha value is -2.44. The molecule has 1 atom stereocenters. The third kappa shape index (κ3) is 3.65. The number of aryl methyl sites for hydroxylation is 1. The van der Waals surface area contributed by atoms with Crippen LogP contribution in [0.25, 0.3) is 0 Å². The molecule has 0 fully saturated rings. The molecule has 2 aromatic rings. The maximum Gasteiger partial charge on any atom is 0.226 e. The highest BCUT2D eigenvalue weighted by Gasteiger charge is 2.28. The van der Waals surface area contributed by atoms with Crippen molar-refractivity contribution in [2.75, 3.05) is 13.7 Å². The van der Waals surface area contributed by atoms with E-state index in [2.05, 4.69) is 5.10 Å². The van der Waals surface area contributed by atoms with Crippen molar-refractivity contribution in [1.82, 2.24) is 14.7 Å². The molecule has 0 spiro atoms. The summed E-state index contributed by atoms with van der Waals surface area (Å²) in [5, 5.41) is 4.29. The average molecular weight is 349 g/mol. The van der Waals surface area contributed by atoms with E-state index in [0.29, 0.717) is 0 Å². The zero-order valence-corrected chi connectivity index (χ0v) is 14.3. The van der Waals surface area contributed by atoms with Gasteiger partial charge in [0.05, 0.1) is 25.3 Å². The molecule has 1 aliphatic carbocycles. The predicted molar refractivity (Wildman–Crippen MR) is 88.1 cm³/mol. The molecule has 1 amide bonds. The molecule has 0 radical (unpaired) electrons. The highest BCUT2D eigenvalue weighted by atomic mass is 19.1. The maximum atomic E-state index is 13.5. The Bertz CT molecular complexity index is 776. The van der Waals surface area contributed by atoms with Crippen LogP contribution in [0.4, 0.5) is 8.78 Å². The van der Waals surface area contributed by atoms with Crippen molar-refractivity contribution >= 4 is 5.91 Å². The first kappa shape index (κ1) is 17.4. The third-order valence-corrected chi connectivity index (χ3v) is 4.67. The lowest BCUT2D eigenvalue weighted by atomic mass is 9.92. The second kappa shape index (κ2) is 7.21. The fourth-order valence-corrected chi connectivity index (χ4v) is 3.27. The van der Waals surface area contributed by atoms with Crippen LogP contribution in [-0.2, 0) is 18.3 Å². The van der Waals surface area contributed by atoms with E-state index >= 15 is 0 Å². The molecule has 1 unspecified atom stereocenters. The number of amides is 1. The van der Waals surface area contributed by atoms with Crippen molar-refractivity contribution in [3.05, 3.63) is 47.3 Å². The first-order valence-electron chi connectivity index (χ1n) is 8.31. The largest absolute Gasteiger partial charge is 0.490 e. The fourth-order valence-electron chi connectivity index (χ4n) is 3.27. The standard InChI is InChI=1S/C18H21F2N3O2/c1-22(15-4-3-5-16-13(15)11-21-23(16)2)18(24)8-9-25-17-10-12(19)6-7-14(17)20/h6-7,10-11,15H,3-5,8-9H2,1-2H3. The normalized spacial score (nSPS) is 16.4. The van der Waals surface area contributed by atoms with Crippen molar-refractivity contribution < 1.29 is 18.3 Å². The van der Waals surface area contributed by atoms with Crippen molar-refractivity contribution in [3.8, 4) is 5.75 Å². The van der Waals surface area contributed by atoms with E-state index in [-0.39, 0.29) is 30.7 Å². The van der Waals surface area contributed by atoms with Gasteiger partial charge in [-0.2, -0.15) is 5.10 Å². The Kier molecular flexibility index (Phi) is 5.01. The van der Waals surface area contributed by atoms with Crippen LogP contribution in [-0.4, -0.2) is 34.2 Å². The van der Waals surface area contributed by atoms with Crippen LogP contribution < -0.4 is 4.74 Å². The summed E-state index contributed by atoms with van der Waals surface area (Å²) >= 11 is 0. The van der Waals surface area contributed by atoms with E-state index in [1.165, 1.54) is 0 Å². The van der Waals surface area contributed by atoms with E-state index in [0.717, 1.165) is 48.7 Å². The van der Waals surface area contributed by atoms with Crippen LogP contribution in [0.5, 0.6) is 5.75 Å². The minimum absolute atomic E-state index is 0.00381. The molecule has 3 rings (SSSR count). The van der Waals surface area contributed by atoms with Gasteiger partial charge in [0.15, 0.2) is 11.6 Å². The summed E-state index contributed by atoms with van der Waals surface area (Å²) in [5.74, 6) is -1.50. The average Bonchev–Trinajstić information content (AvgIpc) is 2.98. The number of carbonyl (C=O) groups excluding carboxylic acids is 1. The lowest BCUT2D eigenvalue weighted by molar-refractivity contribution is -0.133. The van der Waals surface area contributed by atoms with Gasteiger partial charge in [0, 0.05) is 31.4 Å². The van der Waals surface area contributed by atoms with Crippen LogP contribution >= 0.6 is 0 Å². The van der Waals surface area contributed by atoms with Crippen LogP contribution in [0.15, 0.2) is 24.4 Å². The molecule has 7 heteroatoms. The molecule has 1 aromatic carbocycles. The monoisotopic (exact) mass is 349 g/mol. The summed E-state index contributed by atoms with van der Waals surface area (Å²) in [6.45, 7) is -0.00381. The molecule has 0 saturated carbocycles. The van der Waals surface area contributed by atoms with E-state index in [1.54, 1.807) is 11.9 Å². The molecule has 1 heterocycles. The van der Waals surface area contributed by atoms with Gasteiger partial charge in [-0.15, -0.1) is 0 Å². The van der Waals surface area contributed by atoms with Gasteiger partial charge in [0.1, 0.15) is 5.82 Å². The quantitative estimate of drug-likeness (QED) is 0.834. The molecule has 1 aliphatic rings. The number of fused-ring (bicyclic) bond motifs is 1. The number of rotatable bonds is 5. The van der Waals surface area contributed by atoms with Crippen LogP contribution in [0.2, 0.25) is 0 Å². The summed E-state index contributed by atoms with van der Waals surface area (Å²) < 4.78 is 33.7. The summed E-state index contributed by atoms with van der Waals surface area (Å²) in [5.41, 5.74) is 2.25. The van der Waals surface area contributed by atoms with Crippen molar-refractivity contribution in [3.63, 3.8) is 0 Å². The van der Waals surface area contributed by atoms with Gasteiger partial charge < -0.3 is 9.64 Å². The second-order valence-electron chi connectivity index (χ2n) is 6.26. The lowest BCUT2D eigenvalue weighted by Crippen LogP contribution is -2.34. The smallest absolute Gasteiger partial charge is 0.226 e. The van der Waals surface area contributed by atoms with Gasteiger partial charge in [-0.05, 0) is 31.4 Å². The fraction of sp³-hybridized carbons (Fsp3) is 0.444. The Labute approximate surface area is 145 Å². The van der Waals surface area contributed by atoms with Gasteiger partial charge in [-0.3, -0.25) is 9.48 Å². The number of hydrogen-bond acceptors (Lipinski definition) is 3. The van der Waals surface area contributed by atoms with E-state index < -0.39 is 11.6 Å². The van der Waals surface area contributed by atoms with Crippen molar-refractivity contribution in [2.24, 2.45) is 7.05 Å². The topological polar surface area (TPSA) is 47.4 Å². The summed E-state index contributed by atoms with van der Waals surface area (Å²) in [4.78, 5) is 14.2. The SMILES string of the molecule is CN(C(=O)CCOc1cc(F)ccc1F)C1CCCc2c1cnn2C. The van der Waals surface area contributed by atoms with Gasteiger partial charge in [-0.25, -0.2) is 8.78 Å². The zero-order chi connectivity index (χ0) is 18.0. The number of aromatic nitrogens is 2. The molecule has 0 saturated heterocycles. The van der Waals surface area contributed by atoms with Crippen molar-refractivity contribution in [2.45, 2.75) is 31.7 Å². The van der Waals surface area contributed by atoms with Gasteiger partial charge in [-0.1, -0.05) is 0 Å². The van der Waals surface area contributed by atoms with Crippen LogP contribution in [0, 0.1) is 11.6 Å². The van der Waals surface area contributed by atoms with Gasteiger partial charge in [0.2, 0.25) is 5.91 Å². The molecule has 5 nitrogen and oxygen atoms in total. The molecular weight excluding hydrogens is 328 g/mol. The zero-order valence-electron chi connectivity index (χ0n) is 14.3. The molecule has 0 bridgehead atoms. The Morgan fingerprint density at radius 1 is 1.44 bits per heavy atom. The minimum Gasteiger partial charge on any atom is -0.490 e. The van der Waals surface area contributed by atoms with Gasteiger partial charge >= 0.3 is 0 Å².